The van der Waals surface area contributed by atoms with E-state index in [-0.39, 0.29) is 17.7 Å². The van der Waals surface area contributed by atoms with Gasteiger partial charge in [0.25, 0.3) is 0 Å². The van der Waals surface area contributed by atoms with Gasteiger partial charge in [0.05, 0.1) is 19.8 Å². The predicted octanol–water partition coefficient (Wildman–Crippen LogP) is 2.32. The molecule has 0 radical (unpaired) electrons. The van der Waals surface area contributed by atoms with E-state index >= 15 is 0 Å². The van der Waals surface area contributed by atoms with Crippen LogP contribution in [-0.4, -0.2) is 67.6 Å². The lowest BCUT2D eigenvalue weighted by atomic mass is 9.95. The molecule has 0 unspecified atom stereocenters. The molecule has 0 aliphatic carbocycles. The fraction of sp³-hybridized carbons (Fsp3) is 0.619. The number of morpholine rings is 1. The SMILES string of the molecule is CC(C)c1ccc(NC(=O)CN2CCC(C(=O)N3CCOCC3)CC2)cc1. The summed E-state index contributed by atoms with van der Waals surface area (Å²) in [7, 11) is 0. The minimum Gasteiger partial charge on any atom is -0.378 e. The van der Waals surface area contributed by atoms with Crippen LogP contribution in [0.15, 0.2) is 24.3 Å². The number of likely N-dealkylation sites (tertiary alicyclic amines) is 1. The van der Waals surface area contributed by atoms with Crippen molar-refractivity contribution in [3.05, 3.63) is 29.8 Å². The molecule has 2 fully saturated rings. The van der Waals surface area contributed by atoms with Crippen LogP contribution in [-0.2, 0) is 14.3 Å². The maximum absolute atomic E-state index is 12.6. The zero-order valence-electron chi connectivity index (χ0n) is 16.4. The van der Waals surface area contributed by atoms with Crippen LogP contribution in [0.4, 0.5) is 5.69 Å². The largest absolute Gasteiger partial charge is 0.378 e. The second-order valence-electron chi connectivity index (χ2n) is 7.81. The first-order valence-corrected chi connectivity index (χ1v) is 10.0. The number of nitrogens with one attached hydrogen (secondary N) is 1. The zero-order chi connectivity index (χ0) is 19.2. The molecule has 148 valence electrons. The highest BCUT2D eigenvalue weighted by molar-refractivity contribution is 5.92. The fourth-order valence-electron chi connectivity index (χ4n) is 3.73. The number of hydrogen-bond donors (Lipinski definition) is 1. The Kier molecular flexibility index (Phi) is 6.85. The van der Waals surface area contributed by atoms with Gasteiger partial charge in [0, 0.05) is 24.7 Å². The molecular weight excluding hydrogens is 342 g/mol. The lowest BCUT2D eigenvalue weighted by Crippen LogP contribution is -2.47. The molecule has 3 rings (SSSR count). The van der Waals surface area contributed by atoms with Crippen molar-refractivity contribution in [2.75, 3.05) is 51.3 Å². The predicted molar refractivity (Wildman–Crippen MR) is 106 cm³/mol. The third-order valence-electron chi connectivity index (χ3n) is 5.49. The molecule has 27 heavy (non-hydrogen) atoms. The van der Waals surface area contributed by atoms with Crippen LogP contribution >= 0.6 is 0 Å². The van der Waals surface area contributed by atoms with Crippen LogP contribution in [0, 0.1) is 5.92 Å². The van der Waals surface area contributed by atoms with E-state index in [1.54, 1.807) is 0 Å². The minimum absolute atomic E-state index is 0.00486. The summed E-state index contributed by atoms with van der Waals surface area (Å²) >= 11 is 0. The van der Waals surface area contributed by atoms with Crippen molar-refractivity contribution in [1.82, 2.24) is 9.80 Å². The molecule has 2 aliphatic heterocycles. The Morgan fingerprint density at radius 2 is 1.70 bits per heavy atom. The van der Waals surface area contributed by atoms with Crippen molar-refractivity contribution in [2.45, 2.75) is 32.6 Å². The summed E-state index contributed by atoms with van der Waals surface area (Å²) in [6, 6.07) is 8.03. The van der Waals surface area contributed by atoms with Gasteiger partial charge in [-0.05, 0) is 49.5 Å². The first kappa shape index (κ1) is 19.8. The van der Waals surface area contributed by atoms with E-state index < -0.39 is 0 Å². The molecule has 0 atom stereocenters. The van der Waals surface area contributed by atoms with Crippen molar-refractivity contribution in [1.29, 1.82) is 0 Å². The number of rotatable bonds is 5. The van der Waals surface area contributed by atoms with Crippen molar-refractivity contribution in [2.24, 2.45) is 5.92 Å². The Balaban J connectivity index is 1.41. The third kappa shape index (κ3) is 5.53. The second-order valence-corrected chi connectivity index (χ2v) is 7.81. The van der Waals surface area contributed by atoms with Crippen molar-refractivity contribution in [3.63, 3.8) is 0 Å². The molecule has 0 spiro atoms. The highest BCUT2D eigenvalue weighted by atomic mass is 16.5. The Labute approximate surface area is 161 Å². The van der Waals surface area contributed by atoms with E-state index in [1.165, 1.54) is 5.56 Å². The van der Waals surface area contributed by atoms with E-state index in [2.05, 4.69) is 36.2 Å². The van der Waals surface area contributed by atoms with Gasteiger partial charge in [0.1, 0.15) is 0 Å². The van der Waals surface area contributed by atoms with Crippen molar-refractivity contribution >= 4 is 17.5 Å². The smallest absolute Gasteiger partial charge is 0.238 e. The molecule has 2 aliphatic rings. The Morgan fingerprint density at radius 1 is 1.07 bits per heavy atom. The molecule has 0 bridgehead atoms. The first-order chi connectivity index (χ1) is 13.0. The lowest BCUT2D eigenvalue weighted by molar-refractivity contribution is -0.141. The van der Waals surface area contributed by atoms with Gasteiger partial charge in [-0.15, -0.1) is 0 Å². The number of carbonyl (C=O) groups excluding carboxylic acids is 2. The molecule has 6 nitrogen and oxygen atoms in total. The van der Waals surface area contributed by atoms with Gasteiger partial charge in [-0.25, -0.2) is 0 Å². The van der Waals surface area contributed by atoms with Crippen LogP contribution in [0.3, 0.4) is 0 Å². The van der Waals surface area contributed by atoms with Gasteiger partial charge in [-0.3, -0.25) is 14.5 Å². The van der Waals surface area contributed by atoms with Gasteiger partial charge >= 0.3 is 0 Å². The Bertz CT molecular complexity index is 631. The summed E-state index contributed by atoms with van der Waals surface area (Å²) in [4.78, 5) is 29.0. The number of amides is 2. The van der Waals surface area contributed by atoms with Crippen molar-refractivity contribution < 1.29 is 14.3 Å². The Morgan fingerprint density at radius 3 is 2.30 bits per heavy atom. The summed E-state index contributed by atoms with van der Waals surface area (Å²) in [6.07, 6.45) is 1.65. The summed E-state index contributed by atoms with van der Waals surface area (Å²) < 4.78 is 5.32. The summed E-state index contributed by atoms with van der Waals surface area (Å²) in [5.74, 6) is 0.833. The summed E-state index contributed by atoms with van der Waals surface area (Å²) in [5.41, 5.74) is 2.10. The number of piperidine rings is 1. The van der Waals surface area contributed by atoms with Crippen molar-refractivity contribution in [3.8, 4) is 0 Å². The van der Waals surface area contributed by atoms with Crippen LogP contribution in [0.1, 0.15) is 38.2 Å². The average Bonchev–Trinajstić information content (AvgIpc) is 2.69. The summed E-state index contributed by atoms with van der Waals surface area (Å²) in [6.45, 7) is 8.97. The molecule has 2 saturated heterocycles. The summed E-state index contributed by atoms with van der Waals surface area (Å²) in [5, 5.41) is 2.97. The maximum atomic E-state index is 12.6. The highest BCUT2D eigenvalue weighted by Gasteiger charge is 2.29. The number of benzene rings is 1. The molecule has 0 aromatic heterocycles. The van der Waals surface area contributed by atoms with E-state index in [4.69, 9.17) is 4.74 Å². The normalized spacial score (nSPS) is 19.3. The van der Waals surface area contributed by atoms with Crippen LogP contribution in [0.5, 0.6) is 0 Å². The zero-order valence-corrected chi connectivity index (χ0v) is 16.4. The number of nitrogens with zero attached hydrogens (tertiary/aromatic N) is 2. The van der Waals surface area contributed by atoms with E-state index in [9.17, 15) is 9.59 Å². The lowest BCUT2D eigenvalue weighted by Gasteiger charge is -2.35. The van der Waals surface area contributed by atoms with E-state index in [0.29, 0.717) is 38.8 Å². The standard InChI is InChI=1S/C21H31N3O3/c1-16(2)17-3-5-19(6-4-17)22-20(25)15-23-9-7-18(8-10-23)21(26)24-11-13-27-14-12-24/h3-6,16,18H,7-15H2,1-2H3,(H,22,25). The molecule has 2 heterocycles. The number of ether oxygens (including phenoxy) is 1. The average molecular weight is 373 g/mol. The molecule has 2 amide bonds. The van der Waals surface area contributed by atoms with E-state index in [0.717, 1.165) is 31.6 Å². The quantitative estimate of drug-likeness (QED) is 0.860. The van der Waals surface area contributed by atoms with Crippen LogP contribution < -0.4 is 5.32 Å². The number of carbonyl (C=O) groups is 2. The van der Waals surface area contributed by atoms with E-state index in [1.807, 2.05) is 17.0 Å². The molecule has 1 aromatic carbocycles. The number of anilines is 1. The molecule has 6 heteroatoms. The number of hydrogen-bond acceptors (Lipinski definition) is 4. The first-order valence-electron chi connectivity index (χ1n) is 10.0. The van der Waals surface area contributed by atoms with Gasteiger partial charge in [-0.1, -0.05) is 26.0 Å². The highest BCUT2D eigenvalue weighted by Crippen LogP contribution is 2.21. The van der Waals surface area contributed by atoms with Crippen LogP contribution in [0.25, 0.3) is 0 Å². The minimum atomic E-state index is 0.00486. The van der Waals surface area contributed by atoms with Gasteiger partial charge < -0.3 is 15.0 Å². The molecular formula is C21H31N3O3. The fourth-order valence-corrected chi connectivity index (χ4v) is 3.73. The topological polar surface area (TPSA) is 61.9 Å². The molecule has 1 aromatic rings. The molecule has 1 N–H and O–H groups in total. The van der Waals surface area contributed by atoms with Gasteiger partial charge in [0.2, 0.25) is 11.8 Å². The van der Waals surface area contributed by atoms with Gasteiger partial charge in [0.15, 0.2) is 0 Å². The third-order valence-corrected chi connectivity index (χ3v) is 5.49. The maximum Gasteiger partial charge on any atom is 0.238 e. The second kappa shape index (κ2) is 9.33. The Hall–Kier alpha value is -1.92. The van der Waals surface area contributed by atoms with Gasteiger partial charge in [-0.2, -0.15) is 0 Å². The molecule has 0 saturated carbocycles. The van der Waals surface area contributed by atoms with Crippen LogP contribution in [0.2, 0.25) is 0 Å². The monoisotopic (exact) mass is 373 g/mol.